The van der Waals surface area contributed by atoms with Gasteiger partial charge in [-0.25, -0.2) is 23.5 Å². The third kappa shape index (κ3) is 3.77. The summed E-state index contributed by atoms with van der Waals surface area (Å²) in [6, 6.07) is 7.18. The SMILES string of the molecule is NS(=O)(=O)c1ccc(Nc2nc(Cl)cc(Cl)n2)cc1. The third-order valence-electron chi connectivity index (χ3n) is 2.10. The summed E-state index contributed by atoms with van der Waals surface area (Å²) in [7, 11) is -3.71. The number of hydrogen-bond acceptors (Lipinski definition) is 5. The van der Waals surface area contributed by atoms with Crippen molar-refractivity contribution < 1.29 is 8.42 Å². The van der Waals surface area contributed by atoms with Crippen molar-refractivity contribution in [3.05, 3.63) is 40.6 Å². The van der Waals surface area contributed by atoms with E-state index in [9.17, 15) is 8.42 Å². The van der Waals surface area contributed by atoms with Crippen molar-refractivity contribution in [3.63, 3.8) is 0 Å². The maximum Gasteiger partial charge on any atom is 0.238 e. The zero-order chi connectivity index (χ0) is 14.0. The lowest BCUT2D eigenvalue weighted by Crippen LogP contribution is -2.11. The monoisotopic (exact) mass is 318 g/mol. The molecule has 0 radical (unpaired) electrons. The molecule has 0 amide bonds. The highest BCUT2D eigenvalue weighted by Crippen LogP contribution is 2.19. The molecule has 0 aliphatic rings. The fraction of sp³-hybridized carbons (Fsp3) is 0. The normalized spacial score (nSPS) is 11.3. The van der Waals surface area contributed by atoms with E-state index < -0.39 is 10.0 Å². The summed E-state index contributed by atoms with van der Waals surface area (Å²) in [5, 5.41) is 8.22. The molecule has 100 valence electrons. The van der Waals surface area contributed by atoms with Gasteiger partial charge in [-0.15, -0.1) is 0 Å². The summed E-state index contributed by atoms with van der Waals surface area (Å²) in [4.78, 5) is 7.85. The standard InChI is InChI=1S/C10H8Cl2N4O2S/c11-8-5-9(12)16-10(15-8)14-6-1-3-7(4-2-6)19(13,17)18/h1-5H,(H2,13,17,18)(H,14,15,16). The van der Waals surface area contributed by atoms with Crippen LogP contribution in [0.2, 0.25) is 10.3 Å². The molecule has 1 heterocycles. The Morgan fingerprint density at radius 3 is 2.05 bits per heavy atom. The number of sulfonamides is 1. The van der Waals surface area contributed by atoms with E-state index in [4.69, 9.17) is 28.3 Å². The lowest BCUT2D eigenvalue weighted by Gasteiger charge is -2.06. The van der Waals surface area contributed by atoms with Gasteiger partial charge in [0.1, 0.15) is 10.3 Å². The second-order valence-electron chi connectivity index (χ2n) is 3.53. The maximum atomic E-state index is 11.1. The number of halogens is 2. The maximum absolute atomic E-state index is 11.1. The van der Waals surface area contributed by atoms with Crippen molar-refractivity contribution in [2.24, 2.45) is 5.14 Å². The zero-order valence-electron chi connectivity index (χ0n) is 9.34. The van der Waals surface area contributed by atoms with E-state index in [1.54, 1.807) is 0 Å². The minimum atomic E-state index is -3.71. The van der Waals surface area contributed by atoms with E-state index in [2.05, 4.69) is 15.3 Å². The van der Waals surface area contributed by atoms with Crippen LogP contribution in [0.1, 0.15) is 0 Å². The van der Waals surface area contributed by atoms with Gasteiger partial charge in [-0.1, -0.05) is 23.2 Å². The van der Waals surface area contributed by atoms with Crippen molar-refractivity contribution >= 4 is 44.9 Å². The molecule has 0 aliphatic carbocycles. The molecule has 0 aliphatic heterocycles. The van der Waals surface area contributed by atoms with E-state index in [1.807, 2.05) is 0 Å². The minimum absolute atomic E-state index is 0.0168. The number of nitrogens with two attached hydrogens (primary N) is 1. The molecule has 0 bridgehead atoms. The first-order valence-electron chi connectivity index (χ1n) is 4.94. The summed E-state index contributed by atoms with van der Waals surface area (Å²) in [6.45, 7) is 0. The Morgan fingerprint density at radius 2 is 1.58 bits per heavy atom. The van der Waals surface area contributed by atoms with Gasteiger partial charge in [0.2, 0.25) is 16.0 Å². The molecule has 6 nitrogen and oxygen atoms in total. The fourth-order valence-electron chi connectivity index (χ4n) is 1.30. The first kappa shape index (κ1) is 14.0. The molecular weight excluding hydrogens is 311 g/mol. The van der Waals surface area contributed by atoms with Crippen LogP contribution in [0.25, 0.3) is 0 Å². The average Bonchev–Trinajstić information content (AvgIpc) is 2.26. The van der Waals surface area contributed by atoms with Crippen molar-refractivity contribution in [2.45, 2.75) is 4.90 Å². The number of nitrogens with one attached hydrogen (secondary N) is 1. The molecule has 2 aromatic rings. The molecule has 19 heavy (non-hydrogen) atoms. The van der Waals surface area contributed by atoms with Crippen LogP contribution in [0.4, 0.5) is 11.6 Å². The third-order valence-corrected chi connectivity index (χ3v) is 3.42. The summed E-state index contributed by atoms with van der Waals surface area (Å²) >= 11 is 11.5. The molecular formula is C10H8Cl2N4O2S. The van der Waals surface area contributed by atoms with Crippen LogP contribution in [0.3, 0.4) is 0 Å². The highest BCUT2D eigenvalue weighted by molar-refractivity contribution is 7.89. The van der Waals surface area contributed by atoms with Gasteiger partial charge in [0.15, 0.2) is 0 Å². The molecule has 0 unspecified atom stereocenters. The quantitative estimate of drug-likeness (QED) is 0.845. The lowest BCUT2D eigenvalue weighted by atomic mass is 10.3. The van der Waals surface area contributed by atoms with Crippen LogP contribution >= 0.6 is 23.2 Å². The van der Waals surface area contributed by atoms with Crippen LogP contribution in [-0.4, -0.2) is 18.4 Å². The van der Waals surface area contributed by atoms with Gasteiger partial charge in [-0.05, 0) is 24.3 Å². The van der Waals surface area contributed by atoms with Crippen LogP contribution in [-0.2, 0) is 10.0 Å². The predicted octanol–water partition coefficient (Wildman–Crippen LogP) is 2.17. The Hall–Kier alpha value is -1.41. The number of primary sulfonamides is 1. The first-order chi connectivity index (χ1) is 8.84. The van der Waals surface area contributed by atoms with E-state index in [0.29, 0.717) is 5.69 Å². The van der Waals surface area contributed by atoms with Gasteiger partial charge in [0.05, 0.1) is 4.90 Å². The summed E-state index contributed by atoms with van der Waals surface area (Å²) < 4.78 is 22.2. The van der Waals surface area contributed by atoms with Gasteiger partial charge in [0.25, 0.3) is 0 Å². The van der Waals surface area contributed by atoms with E-state index in [0.717, 1.165) is 0 Å². The lowest BCUT2D eigenvalue weighted by molar-refractivity contribution is 0.598. The Morgan fingerprint density at radius 1 is 1.05 bits per heavy atom. The molecule has 0 saturated heterocycles. The highest BCUT2D eigenvalue weighted by atomic mass is 35.5. The molecule has 0 saturated carbocycles. The molecule has 1 aromatic heterocycles. The van der Waals surface area contributed by atoms with Gasteiger partial charge < -0.3 is 5.32 Å². The van der Waals surface area contributed by atoms with Crippen molar-refractivity contribution in [3.8, 4) is 0 Å². The molecule has 1 aromatic carbocycles. The fourth-order valence-corrected chi connectivity index (χ4v) is 2.24. The van der Waals surface area contributed by atoms with Gasteiger partial charge >= 0.3 is 0 Å². The molecule has 0 fully saturated rings. The topological polar surface area (TPSA) is 98.0 Å². The van der Waals surface area contributed by atoms with Crippen LogP contribution in [0.5, 0.6) is 0 Å². The predicted molar refractivity (Wildman–Crippen MR) is 73.1 cm³/mol. The smallest absolute Gasteiger partial charge is 0.238 e. The number of anilines is 2. The zero-order valence-corrected chi connectivity index (χ0v) is 11.7. The van der Waals surface area contributed by atoms with Crippen LogP contribution < -0.4 is 10.5 Å². The van der Waals surface area contributed by atoms with E-state index in [-0.39, 0.29) is 21.2 Å². The Balaban J connectivity index is 2.24. The van der Waals surface area contributed by atoms with E-state index in [1.165, 1.54) is 30.3 Å². The number of aromatic nitrogens is 2. The van der Waals surface area contributed by atoms with Gasteiger partial charge in [0, 0.05) is 11.8 Å². The summed E-state index contributed by atoms with van der Waals surface area (Å²) in [6.07, 6.45) is 0. The van der Waals surface area contributed by atoms with Crippen molar-refractivity contribution in [1.82, 2.24) is 9.97 Å². The number of nitrogens with zero attached hydrogens (tertiary/aromatic N) is 2. The summed E-state index contributed by atoms with van der Waals surface area (Å²) in [5.74, 6) is 0.209. The largest absolute Gasteiger partial charge is 0.324 e. The van der Waals surface area contributed by atoms with Crippen molar-refractivity contribution in [2.75, 3.05) is 5.32 Å². The molecule has 9 heteroatoms. The molecule has 0 spiro atoms. The van der Waals surface area contributed by atoms with Crippen molar-refractivity contribution in [1.29, 1.82) is 0 Å². The average molecular weight is 319 g/mol. The second kappa shape index (κ2) is 5.30. The Kier molecular flexibility index (Phi) is 3.91. The number of rotatable bonds is 3. The van der Waals surface area contributed by atoms with Crippen LogP contribution in [0, 0.1) is 0 Å². The number of benzene rings is 1. The Labute approximate surface area is 119 Å². The van der Waals surface area contributed by atoms with Gasteiger partial charge in [-0.3, -0.25) is 0 Å². The molecule has 2 rings (SSSR count). The molecule has 0 atom stereocenters. The molecule has 3 N–H and O–H groups in total. The second-order valence-corrected chi connectivity index (χ2v) is 5.87. The highest BCUT2D eigenvalue weighted by Gasteiger charge is 2.07. The van der Waals surface area contributed by atoms with Gasteiger partial charge in [-0.2, -0.15) is 0 Å². The van der Waals surface area contributed by atoms with E-state index >= 15 is 0 Å². The summed E-state index contributed by atoms with van der Waals surface area (Å²) in [5.41, 5.74) is 0.575. The minimum Gasteiger partial charge on any atom is -0.324 e. The number of hydrogen-bond donors (Lipinski definition) is 2. The Bertz CT molecular complexity index is 684. The first-order valence-corrected chi connectivity index (χ1v) is 7.25. The van der Waals surface area contributed by atoms with Crippen LogP contribution in [0.15, 0.2) is 35.2 Å².